The molecule has 1 aliphatic heterocycles. The lowest BCUT2D eigenvalue weighted by Gasteiger charge is -2.24. The van der Waals surface area contributed by atoms with Crippen molar-refractivity contribution in [3.8, 4) is 0 Å². The molecule has 156 valence electrons. The van der Waals surface area contributed by atoms with E-state index in [0.717, 1.165) is 22.3 Å². The summed E-state index contributed by atoms with van der Waals surface area (Å²) in [4.78, 5) is 14.1. The fourth-order valence-corrected chi connectivity index (χ4v) is 4.01. The topological polar surface area (TPSA) is 72.9 Å². The normalized spacial score (nSPS) is 14.0. The molecule has 1 amide bonds. The molecule has 2 aromatic carbocycles. The molecule has 0 saturated heterocycles. The third-order valence-electron chi connectivity index (χ3n) is 4.58. The van der Waals surface area contributed by atoms with Crippen LogP contribution in [0.5, 0.6) is 0 Å². The Morgan fingerprint density at radius 2 is 1.69 bits per heavy atom. The Morgan fingerprint density at radius 3 is 2.34 bits per heavy atom. The van der Waals surface area contributed by atoms with Crippen molar-refractivity contribution in [1.82, 2.24) is 4.90 Å². The first-order chi connectivity index (χ1) is 13.5. The molecule has 2 aromatic rings. The van der Waals surface area contributed by atoms with Crippen LogP contribution >= 0.6 is 0 Å². The second kappa shape index (κ2) is 8.16. The summed E-state index contributed by atoms with van der Waals surface area (Å²) in [5.74, 6) is 0. The van der Waals surface area contributed by atoms with E-state index in [9.17, 15) is 13.2 Å². The Bertz CT molecular complexity index is 991. The van der Waals surface area contributed by atoms with Crippen molar-refractivity contribution in [2.75, 3.05) is 6.61 Å². The number of aryl methyl sites for hydroxylation is 1. The van der Waals surface area contributed by atoms with E-state index >= 15 is 0 Å². The molecule has 0 saturated carbocycles. The summed E-state index contributed by atoms with van der Waals surface area (Å²) < 4.78 is 35.2. The van der Waals surface area contributed by atoms with Gasteiger partial charge in [-0.05, 0) is 62.9 Å². The number of carbonyl (C=O) groups excluding carboxylic acids is 1. The van der Waals surface area contributed by atoms with E-state index in [4.69, 9.17) is 8.92 Å². The summed E-state index contributed by atoms with van der Waals surface area (Å²) in [5.41, 5.74) is 3.55. The molecule has 0 atom stereocenters. The fourth-order valence-electron chi connectivity index (χ4n) is 3.10. The minimum atomic E-state index is -3.77. The van der Waals surface area contributed by atoms with Gasteiger partial charge < -0.3 is 4.74 Å². The Kier molecular flexibility index (Phi) is 6.00. The third kappa shape index (κ3) is 5.58. The monoisotopic (exact) mass is 417 g/mol. The average molecular weight is 418 g/mol. The number of nitrogens with zero attached hydrogens (tertiary/aromatic N) is 1. The van der Waals surface area contributed by atoms with Crippen LogP contribution in [0.15, 0.2) is 47.4 Å². The van der Waals surface area contributed by atoms with E-state index in [0.29, 0.717) is 19.5 Å². The first kappa shape index (κ1) is 21.3. The maximum absolute atomic E-state index is 12.3. The van der Waals surface area contributed by atoms with E-state index in [1.165, 1.54) is 0 Å². The zero-order valence-electron chi connectivity index (χ0n) is 17.3. The van der Waals surface area contributed by atoms with Crippen LogP contribution in [0.1, 0.15) is 43.0 Å². The van der Waals surface area contributed by atoms with Crippen LogP contribution in [0.4, 0.5) is 4.79 Å². The van der Waals surface area contributed by atoms with Crippen molar-refractivity contribution in [1.29, 1.82) is 0 Å². The zero-order valence-corrected chi connectivity index (χ0v) is 18.1. The predicted molar refractivity (Wildman–Crippen MR) is 110 cm³/mol. The van der Waals surface area contributed by atoms with Gasteiger partial charge >= 0.3 is 6.09 Å². The lowest BCUT2D eigenvalue weighted by molar-refractivity contribution is 0.0242. The largest absolute Gasteiger partial charge is 0.444 e. The number of amides is 1. The summed E-state index contributed by atoms with van der Waals surface area (Å²) in [6.07, 6.45) is 0.132. The molecule has 0 unspecified atom stereocenters. The van der Waals surface area contributed by atoms with Gasteiger partial charge in [-0.15, -0.1) is 0 Å². The highest BCUT2D eigenvalue weighted by Crippen LogP contribution is 2.26. The van der Waals surface area contributed by atoms with Crippen LogP contribution in [0.2, 0.25) is 0 Å². The van der Waals surface area contributed by atoms with Crippen LogP contribution in [-0.2, 0) is 38.5 Å². The maximum atomic E-state index is 12.3. The predicted octanol–water partition coefficient (Wildman–Crippen LogP) is 4.19. The molecule has 0 aliphatic carbocycles. The number of rotatable bonds is 5. The molecular weight excluding hydrogens is 390 g/mol. The molecule has 1 aliphatic rings. The molecule has 0 fully saturated rings. The molecule has 1 heterocycles. The van der Waals surface area contributed by atoms with Crippen molar-refractivity contribution in [3.05, 3.63) is 64.7 Å². The molecule has 0 N–H and O–H groups in total. The summed E-state index contributed by atoms with van der Waals surface area (Å²) in [5, 5.41) is 0. The zero-order chi connectivity index (χ0) is 21.2. The number of ether oxygens (including phenoxy) is 1. The molecule has 29 heavy (non-hydrogen) atoms. The van der Waals surface area contributed by atoms with Gasteiger partial charge in [0.1, 0.15) is 5.60 Å². The minimum Gasteiger partial charge on any atom is -0.444 e. The van der Waals surface area contributed by atoms with Crippen molar-refractivity contribution >= 4 is 16.2 Å². The van der Waals surface area contributed by atoms with Crippen LogP contribution in [0, 0.1) is 6.92 Å². The average Bonchev–Trinajstić information content (AvgIpc) is 3.04. The highest BCUT2D eigenvalue weighted by atomic mass is 32.2. The summed E-state index contributed by atoms with van der Waals surface area (Å²) in [6, 6.07) is 12.5. The summed E-state index contributed by atoms with van der Waals surface area (Å²) in [7, 11) is -3.77. The Labute approximate surface area is 172 Å². The first-order valence-electron chi connectivity index (χ1n) is 9.58. The SMILES string of the molecule is Cc1ccc(S(=O)(=O)OCCc2ccc3c(c2)CN(C(=O)OC(C)(C)C)C3)cc1. The van der Waals surface area contributed by atoms with Gasteiger partial charge in [-0.2, -0.15) is 8.42 Å². The lowest BCUT2D eigenvalue weighted by Crippen LogP contribution is -2.33. The molecule has 3 rings (SSSR count). The molecule has 0 aromatic heterocycles. The van der Waals surface area contributed by atoms with Crippen LogP contribution in [0.25, 0.3) is 0 Å². The van der Waals surface area contributed by atoms with E-state index in [1.54, 1.807) is 29.2 Å². The van der Waals surface area contributed by atoms with Crippen molar-refractivity contribution in [2.24, 2.45) is 0 Å². The van der Waals surface area contributed by atoms with Gasteiger partial charge in [0.25, 0.3) is 10.1 Å². The van der Waals surface area contributed by atoms with Gasteiger partial charge in [-0.1, -0.05) is 35.9 Å². The van der Waals surface area contributed by atoms with Crippen molar-refractivity contribution < 1.29 is 22.1 Å². The highest BCUT2D eigenvalue weighted by Gasteiger charge is 2.27. The fraction of sp³-hybridized carbons (Fsp3) is 0.409. The van der Waals surface area contributed by atoms with E-state index in [-0.39, 0.29) is 17.6 Å². The van der Waals surface area contributed by atoms with Gasteiger partial charge in [0, 0.05) is 13.1 Å². The molecule has 6 nitrogen and oxygen atoms in total. The van der Waals surface area contributed by atoms with Crippen LogP contribution < -0.4 is 0 Å². The summed E-state index contributed by atoms with van der Waals surface area (Å²) in [6.45, 7) is 8.49. The van der Waals surface area contributed by atoms with Gasteiger partial charge in [0.15, 0.2) is 0 Å². The molecule has 0 radical (unpaired) electrons. The molecule has 0 bridgehead atoms. The van der Waals surface area contributed by atoms with E-state index < -0.39 is 15.7 Å². The minimum absolute atomic E-state index is 0.0603. The van der Waals surface area contributed by atoms with Gasteiger partial charge in [0.05, 0.1) is 11.5 Å². The second-order valence-electron chi connectivity index (χ2n) is 8.28. The van der Waals surface area contributed by atoms with Crippen molar-refractivity contribution in [3.63, 3.8) is 0 Å². The molecule has 0 spiro atoms. The number of hydrogen-bond donors (Lipinski definition) is 0. The van der Waals surface area contributed by atoms with Gasteiger partial charge in [-0.25, -0.2) is 4.79 Å². The number of fused-ring (bicyclic) bond motifs is 1. The number of benzene rings is 2. The Hall–Kier alpha value is -2.38. The third-order valence-corrected chi connectivity index (χ3v) is 5.91. The Balaban J connectivity index is 1.58. The second-order valence-corrected chi connectivity index (χ2v) is 9.89. The van der Waals surface area contributed by atoms with Gasteiger partial charge in [-0.3, -0.25) is 9.08 Å². The van der Waals surface area contributed by atoms with Crippen LogP contribution in [-0.4, -0.2) is 31.6 Å². The maximum Gasteiger partial charge on any atom is 0.410 e. The number of carbonyl (C=O) groups is 1. The summed E-state index contributed by atoms with van der Waals surface area (Å²) >= 11 is 0. The van der Waals surface area contributed by atoms with Gasteiger partial charge in [0.2, 0.25) is 0 Å². The van der Waals surface area contributed by atoms with Crippen molar-refractivity contribution in [2.45, 2.75) is 57.7 Å². The Morgan fingerprint density at radius 1 is 1.03 bits per heavy atom. The lowest BCUT2D eigenvalue weighted by atomic mass is 10.0. The first-order valence-corrected chi connectivity index (χ1v) is 11.0. The van der Waals surface area contributed by atoms with Crippen LogP contribution in [0.3, 0.4) is 0 Å². The van der Waals surface area contributed by atoms with E-state index in [2.05, 4.69) is 0 Å². The molecule has 7 heteroatoms. The standard InChI is InChI=1S/C22H27NO5S/c1-16-5-9-20(10-6-16)29(25,26)27-12-11-17-7-8-18-14-23(15-19(18)13-17)21(24)28-22(2,3)4/h5-10,13H,11-12,14-15H2,1-4H3. The highest BCUT2D eigenvalue weighted by molar-refractivity contribution is 7.86. The number of hydrogen-bond acceptors (Lipinski definition) is 5. The quantitative estimate of drug-likeness (QED) is 0.682. The smallest absolute Gasteiger partial charge is 0.410 e. The van der Waals surface area contributed by atoms with E-state index in [1.807, 2.05) is 45.9 Å². The molecular formula is C22H27NO5S.